The van der Waals surface area contributed by atoms with E-state index in [1.807, 2.05) is 18.2 Å². The van der Waals surface area contributed by atoms with Crippen LogP contribution in [0, 0.1) is 5.92 Å². The summed E-state index contributed by atoms with van der Waals surface area (Å²) in [6.07, 6.45) is 5.02. The lowest BCUT2D eigenvalue weighted by molar-refractivity contribution is 0.0954. The Labute approximate surface area is 127 Å². The second-order valence-corrected chi connectivity index (χ2v) is 6.82. The van der Waals surface area contributed by atoms with Gasteiger partial charge in [0, 0.05) is 21.7 Å². The van der Waals surface area contributed by atoms with E-state index in [-0.39, 0.29) is 5.91 Å². The lowest BCUT2D eigenvalue weighted by Gasteiger charge is -2.25. The van der Waals surface area contributed by atoms with Gasteiger partial charge in [-0.3, -0.25) is 4.79 Å². The number of fused-ring (bicyclic) bond motifs is 1. The number of carbonyl (C=O) groups excluding carboxylic acids is 1. The Morgan fingerprint density at radius 3 is 2.95 bits per heavy atom. The Morgan fingerprint density at radius 1 is 1.45 bits per heavy atom. The van der Waals surface area contributed by atoms with Crippen molar-refractivity contribution in [2.75, 3.05) is 12.3 Å². The molecule has 0 bridgehead atoms. The fourth-order valence-electron chi connectivity index (χ4n) is 2.51. The van der Waals surface area contributed by atoms with Crippen LogP contribution >= 0.6 is 22.9 Å². The zero-order chi connectivity index (χ0) is 14.1. The number of hydrogen-bond acceptors (Lipinski definition) is 3. The predicted molar refractivity (Wildman–Crippen MR) is 85.5 cm³/mol. The Balaban J connectivity index is 1.71. The third kappa shape index (κ3) is 2.63. The van der Waals surface area contributed by atoms with Gasteiger partial charge in [0.1, 0.15) is 4.88 Å². The standard InChI is InChI=1S/C15H17ClN2OS/c16-10-4-5-12-11(8-10)13(17)14(20-12)15(19)18-7-6-9-2-1-3-9/h4-5,8-9H,1-3,6-7,17H2,(H,18,19). The summed E-state index contributed by atoms with van der Waals surface area (Å²) in [7, 11) is 0. The highest BCUT2D eigenvalue weighted by Crippen LogP contribution is 2.35. The first kappa shape index (κ1) is 13.7. The zero-order valence-electron chi connectivity index (χ0n) is 11.1. The molecule has 20 heavy (non-hydrogen) atoms. The lowest BCUT2D eigenvalue weighted by atomic mass is 9.83. The Hall–Kier alpha value is -1.26. The molecule has 1 saturated carbocycles. The SMILES string of the molecule is Nc1c(C(=O)NCCC2CCC2)sc2ccc(Cl)cc12. The number of amides is 1. The van der Waals surface area contributed by atoms with E-state index in [2.05, 4.69) is 5.32 Å². The van der Waals surface area contributed by atoms with Crippen LogP contribution in [-0.4, -0.2) is 12.5 Å². The summed E-state index contributed by atoms with van der Waals surface area (Å²) in [5.74, 6) is 0.730. The van der Waals surface area contributed by atoms with Crippen molar-refractivity contribution in [3.05, 3.63) is 28.1 Å². The molecule has 0 saturated heterocycles. The average molecular weight is 309 g/mol. The first-order valence-electron chi connectivity index (χ1n) is 6.91. The van der Waals surface area contributed by atoms with E-state index in [0.717, 1.165) is 29.0 Å². The van der Waals surface area contributed by atoms with E-state index < -0.39 is 0 Å². The summed E-state index contributed by atoms with van der Waals surface area (Å²) in [5, 5.41) is 4.48. The minimum absolute atomic E-state index is 0.0702. The molecule has 1 aliphatic rings. The molecule has 3 N–H and O–H groups in total. The van der Waals surface area contributed by atoms with Gasteiger partial charge in [-0.15, -0.1) is 11.3 Å². The van der Waals surface area contributed by atoms with Gasteiger partial charge in [-0.1, -0.05) is 30.9 Å². The fraction of sp³-hybridized carbons (Fsp3) is 0.400. The minimum atomic E-state index is -0.0702. The van der Waals surface area contributed by atoms with Gasteiger partial charge >= 0.3 is 0 Å². The molecule has 106 valence electrons. The van der Waals surface area contributed by atoms with Crippen LogP contribution in [0.3, 0.4) is 0 Å². The number of hydrogen-bond donors (Lipinski definition) is 2. The molecule has 1 aromatic carbocycles. The molecule has 5 heteroatoms. The molecular weight excluding hydrogens is 292 g/mol. The van der Waals surface area contributed by atoms with Crippen molar-refractivity contribution < 1.29 is 4.79 Å². The Kier molecular flexibility index (Phi) is 3.85. The van der Waals surface area contributed by atoms with Gasteiger partial charge in [0.15, 0.2) is 0 Å². The summed E-state index contributed by atoms with van der Waals surface area (Å²) in [6, 6.07) is 5.54. The number of rotatable bonds is 4. The first-order valence-corrected chi connectivity index (χ1v) is 8.10. The second kappa shape index (κ2) is 5.62. The van der Waals surface area contributed by atoms with Crippen molar-refractivity contribution >= 4 is 44.6 Å². The van der Waals surface area contributed by atoms with E-state index in [1.54, 1.807) is 0 Å². The number of carbonyl (C=O) groups is 1. The molecule has 1 fully saturated rings. The topological polar surface area (TPSA) is 55.1 Å². The molecule has 2 aromatic rings. The highest BCUT2D eigenvalue weighted by molar-refractivity contribution is 7.21. The summed E-state index contributed by atoms with van der Waals surface area (Å²) in [6.45, 7) is 0.734. The van der Waals surface area contributed by atoms with E-state index in [9.17, 15) is 4.79 Å². The molecule has 1 amide bonds. The van der Waals surface area contributed by atoms with Crippen LogP contribution in [0.2, 0.25) is 5.02 Å². The van der Waals surface area contributed by atoms with Gasteiger partial charge in [0.2, 0.25) is 0 Å². The van der Waals surface area contributed by atoms with Gasteiger partial charge < -0.3 is 11.1 Å². The number of nitrogens with one attached hydrogen (secondary N) is 1. The van der Waals surface area contributed by atoms with Crippen LogP contribution in [0.25, 0.3) is 10.1 Å². The number of anilines is 1. The van der Waals surface area contributed by atoms with Crippen molar-refractivity contribution in [1.29, 1.82) is 0 Å². The zero-order valence-corrected chi connectivity index (χ0v) is 12.7. The molecule has 3 rings (SSSR count). The molecule has 0 spiro atoms. The highest BCUT2D eigenvalue weighted by Gasteiger charge is 2.19. The van der Waals surface area contributed by atoms with Gasteiger partial charge in [-0.25, -0.2) is 0 Å². The van der Waals surface area contributed by atoms with Crippen molar-refractivity contribution in [3.63, 3.8) is 0 Å². The maximum absolute atomic E-state index is 12.2. The van der Waals surface area contributed by atoms with Crippen LogP contribution in [-0.2, 0) is 0 Å². The Bertz CT molecular complexity index is 649. The number of nitrogens with two attached hydrogens (primary N) is 1. The molecule has 0 aliphatic heterocycles. The number of nitrogen functional groups attached to an aromatic ring is 1. The van der Waals surface area contributed by atoms with E-state index in [4.69, 9.17) is 17.3 Å². The van der Waals surface area contributed by atoms with Gasteiger partial charge in [-0.05, 0) is 30.5 Å². The smallest absolute Gasteiger partial charge is 0.263 e. The van der Waals surface area contributed by atoms with Crippen LogP contribution < -0.4 is 11.1 Å². The summed E-state index contributed by atoms with van der Waals surface area (Å²) < 4.78 is 0.996. The van der Waals surface area contributed by atoms with Crippen molar-refractivity contribution in [1.82, 2.24) is 5.32 Å². The maximum atomic E-state index is 12.2. The lowest BCUT2D eigenvalue weighted by Crippen LogP contribution is -2.27. The third-order valence-corrected chi connectivity index (χ3v) is 5.38. The maximum Gasteiger partial charge on any atom is 0.263 e. The number of halogens is 1. The normalized spacial score (nSPS) is 15.2. The molecule has 0 radical (unpaired) electrons. The van der Waals surface area contributed by atoms with Gasteiger partial charge in [0.05, 0.1) is 5.69 Å². The molecule has 0 unspecified atom stereocenters. The summed E-state index contributed by atoms with van der Waals surface area (Å²) in [4.78, 5) is 12.8. The Morgan fingerprint density at radius 2 is 2.25 bits per heavy atom. The summed E-state index contributed by atoms with van der Waals surface area (Å²) in [5.41, 5.74) is 6.60. The van der Waals surface area contributed by atoms with E-state index in [0.29, 0.717) is 15.6 Å². The molecule has 1 aromatic heterocycles. The van der Waals surface area contributed by atoms with Crippen LogP contribution in [0.15, 0.2) is 18.2 Å². The van der Waals surface area contributed by atoms with Gasteiger partial charge in [-0.2, -0.15) is 0 Å². The van der Waals surface area contributed by atoms with E-state index >= 15 is 0 Å². The quantitative estimate of drug-likeness (QED) is 0.895. The number of benzene rings is 1. The van der Waals surface area contributed by atoms with Crippen molar-refractivity contribution in [2.45, 2.75) is 25.7 Å². The monoisotopic (exact) mass is 308 g/mol. The minimum Gasteiger partial charge on any atom is -0.397 e. The van der Waals surface area contributed by atoms with Gasteiger partial charge in [0.25, 0.3) is 5.91 Å². The fourth-order valence-corrected chi connectivity index (χ4v) is 3.70. The molecule has 3 nitrogen and oxygen atoms in total. The predicted octanol–water partition coefficient (Wildman–Crippen LogP) is 4.06. The molecule has 1 heterocycles. The summed E-state index contributed by atoms with van der Waals surface area (Å²) >= 11 is 7.39. The average Bonchev–Trinajstić information content (AvgIpc) is 2.70. The van der Waals surface area contributed by atoms with Crippen molar-refractivity contribution in [2.24, 2.45) is 5.92 Å². The van der Waals surface area contributed by atoms with Crippen LogP contribution in [0.5, 0.6) is 0 Å². The van der Waals surface area contributed by atoms with Crippen LogP contribution in [0.1, 0.15) is 35.4 Å². The first-order chi connectivity index (χ1) is 9.65. The number of thiophene rings is 1. The van der Waals surface area contributed by atoms with Crippen LogP contribution in [0.4, 0.5) is 5.69 Å². The van der Waals surface area contributed by atoms with E-state index in [1.165, 1.54) is 30.6 Å². The molecule has 0 atom stereocenters. The van der Waals surface area contributed by atoms with Crippen molar-refractivity contribution in [3.8, 4) is 0 Å². The second-order valence-electron chi connectivity index (χ2n) is 5.33. The largest absolute Gasteiger partial charge is 0.397 e. The highest BCUT2D eigenvalue weighted by atomic mass is 35.5. The third-order valence-electron chi connectivity index (χ3n) is 3.96. The molecule has 1 aliphatic carbocycles. The molecular formula is C15H17ClN2OS.